The van der Waals surface area contributed by atoms with Crippen molar-refractivity contribution in [2.24, 2.45) is 0 Å². The van der Waals surface area contributed by atoms with Gasteiger partial charge in [0.25, 0.3) is 5.91 Å². The molecule has 6 heteroatoms. The number of carbonyl (C=O) groups excluding carboxylic acids is 1. The molecular weight excluding hydrogens is 306 g/mol. The number of amides is 1. The first-order chi connectivity index (χ1) is 11.2. The van der Waals surface area contributed by atoms with Crippen LogP contribution in [-0.2, 0) is 10.2 Å². The molecule has 0 aliphatic carbocycles. The van der Waals surface area contributed by atoms with Crippen molar-refractivity contribution in [3.05, 3.63) is 47.8 Å². The van der Waals surface area contributed by atoms with Crippen LogP contribution >= 0.6 is 0 Å². The largest absolute Gasteiger partial charge is 0.480 e. The number of carboxylic acid groups (broad SMARTS) is 1. The van der Waals surface area contributed by atoms with Crippen molar-refractivity contribution in [1.29, 1.82) is 0 Å². The molecule has 2 N–H and O–H groups in total. The van der Waals surface area contributed by atoms with Crippen LogP contribution in [0.2, 0.25) is 0 Å². The van der Waals surface area contributed by atoms with Gasteiger partial charge in [-0.15, -0.1) is 0 Å². The van der Waals surface area contributed by atoms with E-state index in [1.807, 2.05) is 51.1 Å². The molecule has 0 fully saturated rings. The predicted octanol–water partition coefficient (Wildman–Crippen LogP) is 2.76. The minimum atomic E-state index is -1.04. The summed E-state index contributed by atoms with van der Waals surface area (Å²) in [4.78, 5) is 23.8. The zero-order chi connectivity index (χ0) is 17.9. The number of hydrogen-bond donors (Lipinski definition) is 2. The third kappa shape index (κ3) is 3.82. The number of benzene rings is 1. The lowest BCUT2D eigenvalue weighted by Crippen LogP contribution is -2.40. The third-order valence-electron chi connectivity index (χ3n) is 3.70. The molecule has 2 rings (SSSR count). The van der Waals surface area contributed by atoms with Gasteiger partial charge >= 0.3 is 5.97 Å². The molecule has 0 saturated heterocycles. The second kappa shape index (κ2) is 6.86. The highest BCUT2D eigenvalue weighted by Gasteiger charge is 2.28. The SMILES string of the molecule is CCC(NC(=O)c1cn(-c2ccccc2)nc1C(C)(C)C)C(=O)O. The Morgan fingerprint density at radius 2 is 1.88 bits per heavy atom. The van der Waals surface area contributed by atoms with Gasteiger partial charge in [0.1, 0.15) is 6.04 Å². The molecule has 1 aromatic carbocycles. The smallest absolute Gasteiger partial charge is 0.326 e. The molecule has 0 saturated carbocycles. The van der Waals surface area contributed by atoms with Gasteiger partial charge in [0, 0.05) is 11.6 Å². The summed E-state index contributed by atoms with van der Waals surface area (Å²) in [5.41, 5.74) is 1.51. The fraction of sp³-hybridized carbons (Fsp3) is 0.389. The van der Waals surface area contributed by atoms with Crippen molar-refractivity contribution < 1.29 is 14.7 Å². The van der Waals surface area contributed by atoms with Gasteiger partial charge in [0.05, 0.1) is 16.9 Å². The maximum atomic E-state index is 12.6. The van der Waals surface area contributed by atoms with Crippen LogP contribution in [0.1, 0.15) is 50.2 Å². The Morgan fingerprint density at radius 1 is 1.25 bits per heavy atom. The van der Waals surface area contributed by atoms with E-state index in [1.54, 1.807) is 17.8 Å². The number of nitrogens with one attached hydrogen (secondary N) is 1. The Kier molecular flexibility index (Phi) is 5.07. The molecule has 0 radical (unpaired) electrons. The van der Waals surface area contributed by atoms with Gasteiger partial charge in [-0.1, -0.05) is 45.9 Å². The van der Waals surface area contributed by atoms with Gasteiger partial charge < -0.3 is 10.4 Å². The first kappa shape index (κ1) is 17.7. The zero-order valence-corrected chi connectivity index (χ0v) is 14.4. The number of nitrogens with zero attached hydrogens (tertiary/aromatic N) is 2. The van der Waals surface area contributed by atoms with Crippen molar-refractivity contribution in [3.63, 3.8) is 0 Å². The monoisotopic (exact) mass is 329 g/mol. The van der Waals surface area contributed by atoms with E-state index < -0.39 is 17.9 Å². The van der Waals surface area contributed by atoms with Crippen LogP contribution in [0.25, 0.3) is 5.69 Å². The van der Waals surface area contributed by atoms with E-state index in [1.165, 1.54) is 0 Å². The zero-order valence-electron chi connectivity index (χ0n) is 14.4. The lowest BCUT2D eigenvalue weighted by atomic mass is 9.89. The number of carboxylic acids is 1. The molecule has 1 atom stereocenters. The van der Waals surface area contributed by atoms with Crippen LogP contribution in [0.3, 0.4) is 0 Å². The molecule has 6 nitrogen and oxygen atoms in total. The van der Waals surface area contributed by atoms with Crippen molar-refractivity contribution in [3.8, 4) is 5.69 Å². The summed E-state index contributed by atoms with van der Waals surface area (Å²) < 4.78 is 1.65. The highest BCUT2D eigenvalue weighted by Crippen LogP contribution is 2.25. The van der Waals surface area contributed by atoms with Crippen molar-refractivity contribution in [2.75, 3.05) is 0 Å². The molecule has 1 aromatic heterocycles. The van der Waals surface area contributed by atoms with Crippen LogP contribution in [0.15, 0.2) is 36.5 Å². The number of rotatable bonds is 5. The fourth-order valence-corrected chi connectivity index (χ4v) is 2.38. The van der Waals surface area contributed by atoms with Crippen LogP contribution in [0.4, 0.5) is 0 Å². The minimum absolute atomic E-state index is 0.318. The van der Waals surface area contributed by atoms with Crippen LogP contribution in [0, 0.1) is 0 Å². The first-order valence-electron chi connectivity index (χ1n) is 7.93. The molecule has 1 amide bonds. The molecular formula is C18H23N3O3. The predicted molar refractivity (Wildman–Crippen MR) is 91.4 cm³/mol. The van der Waals surface area contributed by atoms with Gasteiger partial charge in [-0.05, 0) is 18.6 Å². The Hall–Kier alpha value is -2.63. The average molecular weight is 329 g/mol. The molecule has 0 aliphatic rings. The van der Waals surface area contributed by atoms with Crippen LogP contribution < -0.4 is 5.32 Å². The van der Waals surface area contributed by atoms with Gasteiger partial charge in [0.2, 0.25) is 0 Å². The molecule has 24 heavy (non-hydrogen) atoms. The number of aromatic nitrogens is 2. The number of aliphatic carboxylic acids is 1. The number of carbonyl (C=O) groups is 2. The maximum Gasteiger partial charge on any atom is 0.326 e. The molecule has 0 spiro atoms. The first-order valence-corrected chi connectivity index (χ1v) is 7.93. The van der Waals surface area contributed by atoms with Gasteiger partial charge in [-0.3, -0.25) is 4.79 Å². The summed E-state index contributed by atoms with van der Waals surface area (Å²) in [7, 11) is 0. The molecule has 1 unspecified atom stereocenters. The minimum Gasteiger partial charge on any atom is -0.480 e. The summed E-state index contributed by atoms with van der Waals surface area (Å²) in [6.07, 6.45) is 1.97. The lowest BCUT2D eigenvalue weighted by molar-refractivity contribution is -0.139. The summed E-state index contributed by atoms with van der Waals surface area (Å²) in [6, 6.07) is 8.57. The summed E-state index contributed by atoms with van der Waals surface area (Å²) in [5.74, 6) is -1.46. The number of para-hydroxylation sites is 1. The van der Waals surface area contributed by atoms with Crippen LogP contribution in [-0.4, -0.2) is 32.8 Å². The molecule has 2 aromatic rings. The Labute approximate surface area is 141 Å². The number of hydrogen-bond acceptors (Lipinski definition) is 3. The van der Waals surface area contributed by atoms with Crippen molar-refractivity contribution in [2.45, 2.75) is 45.6 Å². The fourth-order valence-electron chi connectivity index (χ4n) is 2.38. The van der Waals surface area contributed by atoms with Crippen molar-refractivity contribution in [1.82, 2.24) is 15.1 Å². The summed E-state index contributed by atoms with van der Waals surface area (Å²) in [5, 5.41) is 16.3. The highest BCUT2D eigenvalue weighted by atomic mass is 16.4. The normalized spacial score (nSPS) is 12.7. The van der Waals surface area contributed by atoms with E-state index in [9.17, 15) is 9.59 Å². The standard InChI is InChI=1S/C18H23N3O3/c1-5-14(17(23)24)19-16(22)13-11-21(12-9-7-6-8-10-12)20-15(13)18(2,3)4/h6-11,14H,5H2,1-4H3,(H,19,22)(H,23,24). The Morgan fingerprint density at radius 3 is 2.38 bits per heavy atom. The van der Waals surface area contributed by atoms with E-state index in [2.05, 4.69) is 10.4 Å². The summed E-state index contributed by atoms with van der Waals surface area (Å²) >= 11 is 0. The molecule has 128 valence electrons. The third-order valence-corrected chi connectivity index (χ3v) is 3.70. The van der Waals surface area contributed by atoms with E-state index in [-0.39, 0.29) is 5.41 Å². The van der Waals surface area contributed by atoms with Gasteiger partial charge in [-0.2, -0.15) is 5.10 Å². The Balaban J connectivity index is 2.43. The average Bonchev–Trinajstić information content (AvgIpc) is 2.98. The quantitative estimate of drug-likeness (QED) is 0.883. The van der Waals surface area contributed by atoms with Gasteiger partial charge in [0.15, 0.2) is 0 Å². The van der Waals surface area contributed by atoms with E-state index >= 15 is 0 Å². The second-order valence-electron chi connectivity index (χ2n) is 6.69. The molecule has 0 aliphatic heterocycles. The lowest BCUT2D eigenvalue weighted by Gasteiger charge is -2.18. The van der Waals surface area contributed by atoms with Gasteiger partial charge in [-0.25, -0.2) is 9.48 Å². The second-order valence-corrected chi connectivity index (χ2v) is 6.69. The van der Waals surface area contributed by atoms with E-state index in [0.717, 1.165) is 5.69 Å². The van der Waals surface area contributed by atoms with E-state index in [0.29, 0.717) is 17.7 Å². The van der Waals surface area contributed by atoms with Crippen LogP contribution in [0.5, 0.6) is 0 Å². The summed E-state index contributed by atoms with van der Waals surface area (Å²) in [6.45, 7) is 7.62. The molecule has 0 bridgehead atoms. The van der Waals surface area contributed by atoms with Crippen molar-refractivity contribution >= 4 is 11.9 Å². The maximum absolute atomic E-state index is 12.6. The topological polar surface area (TPSA) is 84.2 Å². The van der Waals surface area contributed by atoms with E-state index in [4.69, 9.17) is 5.11 Å². The molecule has 1 heterocycles. The highest BCUT2D eigenvalue weighted by molar-refractivity contribution is 5.97. The Bertz CT molecular complexity index is 730.